The number of aromatic nitrogens is 2. The smallest absolute Gasteiger partial charge is 0.291 e. The van der Waals surface area contributed by atoms with Gasteiger partial charge >= 0.3 is 0 Å². The van der Waals surface area contributed by atoms with Gasteiger partial charge in [0, 0.05) is 18.7 Å². The molecule has 2 amide bonds. The van der Waals surface area contributed by atoms with E-state index in [1.54, 1.807) is 47.4 Å². The minimum Gasteiger partial charge on any atom is -0.312 e. The zero-order chi connectivity index (χ0) is 22.0. The number of hydrogen-bond donors (Lipinski definition) is 2. The van der Waals surface area contributed by atoms with Gasteiger partial charge in [-0.2, -0.15) is 8.42 Å². The third-order valence-corrected chi connectivity index (χ3v) is 7.38. The van der Waals surface area contributed by atoms with Gasteiger partial charge in [-0.05, 0) is 36.8 Å². The van der Waals surface area contributed by atoms with Crippen LogP contribution in [0.25, 0.3) is 0 Å². The van der Waals surface area contributed by atoms with Gasteiger partial charge in [0.15, 0.2) is 0 Å². The van der Waals surface area contributed by atoms with Crippen LogP contribution in [0.3, 0.4) is 0 Å². The van der Waals surface area contributed by atoms with Crippen molar-refractivity contribution in [3.8, 4) is 0 Å². The molecule has 0 aliphatic carbocycles. The molecule has 1 aromatic heterocycles. The minimum atomic E-state index is -4.04. The number of nitrogens with zero attached hydrogens (tertiary/aromatic N) is 3. The Labute approximate surface area is 187 Å². The molecule has 160 valence electrons. The molecule has 0 spiro atoms. The Bertz CT molecular complexity index is 1260. The first-order valence-corrected chi connectivity index (χ1v) is 11.8. The maximum Gasteiger partial charge on any atom is 0.291 e. The Morgan fingerprint density at radius 2 is 1.94 bits per heavy atom. The standard InChI is InChI=1S/C19H16ClN5O4S2/c20-15-8-2-1-7-14(15)17(27)21-18-22-23-19(30-18)31(28,29)24-12-5-3-6-13(11-12)25-10-4-9-16(25)26/h1-3,5-8,11,24H,4,9-10H2,(H,21,22,27). The highest BCUT2D eigenvalue weighted by Gasteiger charge is 2.24. The van der Waals surface area contributed by atoms with Crippen LogP contribution in [0.2, 0.25) is 5.02 Å². The van der Waals surface area contributed by atoms with E-state index in [1.165, 1.54) is 6.07 Å². The van der Waals surface area contributed by atoms with Crippen molar-refractivity contribution in [1.29, 1.82) is 0 Å². The first-order chi connectivity index (χ1) is 14.8. The molecule has 0 bridgehead atoms. The van der Waals surface area contributed by atoms with Crippen molar-refractivity contribution in [1.82, 2.24) is 10.2 Å². The Balaban J connectivity index is 1.49. The summed E-state index contributed by atoms with van der Waals surface area (Å²) in [5.41, 5.74) is 1.14. The van der Waals surface area contributed by atoms with Crippen LogP contribution in [-0.4, -0.2) is 37.0 Å². The lowest BCUT2D eigenvalue weighted by atomic mass is 10.2. The lowest BCUT2D eigenvalue weighted by molar-refractivity contribution is -0.117. The predicted octanol–water partition coefficient (Wildman–Crippen LogP) is 3.37. The van der Waals surface area contributed by atoms with Crippen molar-refractivity contribution in [2.75, 3.05) is 21.5 Å². The number of amides is 2. The molecular weight excluding hydrogens is 462 g/mol. The van der Waals surface area contributed by atoms with E-state index in [9.17, 15) is 18.0 Å². The molecule has 0 atom stereocenters. The molecule has 0 radical (unpaired) electrons. The minimum absolute atomic E-state index is 0.00281. The number of anilines is 3. The average molecular weight is 478 g/mol. The van der Waals surface area contributed by atoms with Crippen LogP contribution in [-0.2, 0) is 14.8 Å². The Morgan fingerprint density at radius 1 is 1.13 bits per heavy atom. The van der Waals surface area contributed by atoms with Crippen molar-refractivity contribution >= 4 is 61.3 Å². The van der Waals surface area contributed by atoms with Crippen molar-refractivity contribution < 1.29 is 18.0 Å². The first kappa shape index (κ1) is 21.2. The normalized spacial score (nSPS) is 14.0. The zero-order valence-electron chi connectivity index (χ0n) is 15.9. The molecule has 31 heavy (non-hydrogen) atoms. The molecule has 2 N–H and O–H groups in total. The summed E-state index contributed by atoms with van der Waals surface area (Å²) in [5.74, 6) is -0.523. The molecule has 12 heteroatoms. The van der Waals surface area contributed by atoms with E-state index < -0.39 is 15.9 Å². The lowest BCUT2D eigenvalue weighted by Crippen LogP contribution is -2.23. The van der Waals surface area contributed by atoms with Gasteiger partial charge < -0.3 is 4.90 Å². The third kappa shape index (κ3) is 4.68. The van der Waals surface area contributed by atoms with Crippen LogP contribution in [0.1, 0.15) is 23.2 Å². The molecule has 3 aromatic rings. The lowest BCUT2D eigenvalue weighted by Gasteiger charge is -2.16. The van der Waals surface area contributed by atoms with Crippen LogP contribution in [0.5, 0.6) is 0 Å². The summed E-state index contributed by atoms with van der Waals surface area (Å²) in [4.78, 5) is 25.9. The van der Waals surface area contributed by atoms with Crippen LogP contribution in [0, 0.1) is 0 Å². The molecule has 9 nitrogen and oxygen atoms in total. The summed E-state index contributed by atoms with van der Waals surface area (Å²) in [6, 6.07) is 13.0. The van der Waals surface area contributed by atoms with Gasteiger partial charge in [0.25, 0.3) is 20.3 Å². The van der Waals surface area contributed by atoms with E-state index in [-0.39, 0.29) is 31.7 Å². The van der Waals surface area contributed by atoms with E-state index in [4.69, 9.17) is 11.6 Å². The summed E-state index contributed by atoms with van der Waals surface area (Å²) >= 11 is 6.70. The zero-order valence-corrected chi connectivity index (χ0v) is 18.3. The van der Waals surface area contributed by atoms with Crippen LogP contribution in [0.15, 0.2) is 52.9 Å². The maximum absolute atomic E-state index is 12.7. The number of halogens is 1. The van der Waals surface area contributed by atoms with Crippen molar-refractivity contribution in [3.63, 3.8) is 0 Å². The molecule has 0 saturated carbocycles. The molecule has 2 aromatic carbocycles. The summed E-state index contributed by atoms with van der Waals surface area (Å²) in [7, 11) is -4.04. The number of nitrogens with one attached hydrogen (secondary N) is 2. The monoisotopic (exact) mass is 477 g/mol. The van der Waals surface area contributed by atoms with Gasteiger partial charge in [0.05, 0.1) is 16.3 Å². The summed E-state index contributed by atoms with van der Waals surface area (Å²) in [6.07, 6.45) is 1.24. The Hall–Kier alpha value is -3.02. The fraction of sp³-hybridized carbons (Fsp3) is 0.158. The van der Waals surface area contributed by atoms with Gasteiger partial charge in [-0.15, -0.1) is 10.2 Å². The van der Waals surface area contributed by atoms with E-state index >= 15 is 0 Å². The molecular formula is C19H16ClN5O4S2. The highest BCUT2D eigenvalue weighted by atomic mass is 35.5. The largest absolute Gasteiger partial charge is 0.312 e. The number of carbonyl (C=O) groups is 2. The van der Waals surface area contributed by atoms with Crippen LogP contribution < -0.4 is 14.9 Å². The average Bonchev–Trinajstić information content (AvgIpc) is 3.37. The number of benzene rings is 2. The molecule has 1 saturated heterocycles. The quantitative estimate of drug-likeness (QED) is 0.525. The maximum atomic E-state index is 12.7. The Morgan fingerprint density at radius 3 is 2.68 bits per heavy atom. The topological polar surface area (TPSA) is 121 Å². The number of sulfonamides is 1. The number of carbonyl (C=O) groups excluding carboxylic acids is 2. The fourth-order valence-electron chi connectivity index (χ4n) is 3.04. The van der Waals surface area contributed by atoms with Gasteiger partial charge in [-0.3, -0.25) is 19.6 Å². The second-order valence-electron chi connectivity index (χ2n) is 6.61. The number of rotatable bonds is 6. The molecule has 4 rings (SSSR count). The second kappa shape index (κ2) is 8.61. The van der Waals surface area contributed by atoms with Gasteiger partial charge in [0.2, 0.25) is 11.0 Å². The highest BCUT2D eigenvalue weighted by Crippen LogP contribution is 2.27. The van der Waals surface area contributed by atoms with E-state index in [0.29, 0.717) is 30.0 Å². The molecule has 1 aliphatic rings. The van der Waals surface area contributed by atoms with Gasteiger partial charge in [-0.25, -0.2) is 0 Å². The Kier molecular flexibility index (Phi) is 5.90. The van der Waals surface area contributed by atoms with Crippen molar-refractivity contribution in [2.45, 2.75) is 17.2 Å². The molecule has 1 fully saturated rings. The van der Waals surface area contributed by atoms with Crippen LogP contribution in [0.4, 0.5) is 16.5 Å². The molecule has 1 aliphatic heterocycles. The fourth-order valence-corrected chi connectivity index (χ4v) is 5.20. The van der Waals surface area contributed by atoms with E-state index in [2.05, 4.69) is 20.2 Å². The van der Waals surface area contributed by atoms with Gasteiger partial charge in [0.1, 0.15) is 0 Å². The predicted molar refractivity (Wildman–Crippen MR) is 118 cm³/mol. The molecule has 0 unspecified atom stereocenters. The van der Waals surface area contributed by atoms with Crippen LogP contribution >= 0.6 is 22.9 Å². The summed E-state index contributed by atoms with van der Waals surface area (Å²) < 4.78 is 27.5. The van der Waals surface area contributed by atoms with E-state index in [1.807, 2.05) is 0 Å². The number of hydrogen-bond acceptors (Lipinski definition) is 7. The summed E-state index contributed by atoms with van der Waals surface area (Å²) in [5, 5.41) is 10.2. The SMILES string of the molecule is O=C(Nc1nnc(S(=O)(=O)Nc2cccc(N3CCCC3=O)c2)s1)c1ccccc1Cl. The summed E-state index contributed by atoms with van der Waals surface area (Å²) in [6.45, 7) is 0.597. The van der Waals surface area contributed by atoms with Crippen molar-refractivity contribution in [2.24, 2.45) is 0 Å². The van der Waals surface area contributed by atoms with E-state index in [0.717, 1.165) is 6.42 Å². The van der Waals surface area contributed by atoms with Crippen molar-refractivity contribution in [3.05, 3.63) is 59.1 Å². The second-order valence-corrected chi connectivity index (χ2v) is 9.85. The first-order valence-electron chi connectivity index (χ1n) is 9.16. The van der Waals surface area contributed by atoms with Gasteiger partial charge in [-0.1, -0.05) is 41.1 Å². The molecule has 2 heterocycles. The third-order valence-electron chi connectivity index (χ3n) is 4.46. The highest BCUT2D eigenvalue weighted by molar-refractivity contribution is 7.94.